The Hall–Kier alpha value is -2.78. The lowest BCUT2D eigenvalue weighted by molar-refractivity contribution is -0.361. The maximum absolute atomic E-state index is 14.1. The third-order valence-electron chi connectivity index (χ3n) is 10.6. The van der Waals surface area contributed by atoms with E-state index in [4.69, 9.17) is 28.4 Å². The van der Waals surface area contributed by atoms with E-state index >= 15 is 0 Å². The molecule has 2 aromatic rings. The van der Waals surface area contributed by atoms with E-state index in [-0.39, 0.29) is 60.7 Å². The van der Waals surface area contributed by atoms with Crippen LogP contribution in [-0.2, 0) is 38.0 Å². The highest BCUT2D eigenvalue weighted by molar-refractivity contribution is 5.97. The normalized spacial score (nSPS) is 40.3. The molecule has 3 saturated carbocycles. The number of benzene rings is 2. The van der Waals surface area contributed by atoms with Gasteiger partial charge in [-0.05, 0) is 34.1 Å². The Balaban J connectivity index is 1.17. The lowest BCUT2D eigenvalue weighted by atomic mass is 9.09. The van der Waals surface area contributed by atoms with Crippen LogP contribution in [0.2, 0.25) is 0 Å². The Morgan fingerprint density at radius 2 is 0.800 bits per heavy atom. The van der Waals surface area contributed by atoms with Crippen molar-refractivity contribution in [2.75, 3.05) is 66.1 Å². The number of cyclic esters (lactones) is 2. The van der Waals surface area contributed by atoms with E-state index in [2.05, 4.69) is 48.5 Å². The van der Waals surface area contributed by atoms with Crippen LogP contribution in [0, 0.1) is 22.7 Å². The van der Waals surface area contributed by atoms with E-state index in [9.17, 15) is 9.59 Å². The first-order valence-electron chi connectivity index (χ1n) is 14.6. The van der Waals surface area contributed by atoms with Crippen molar-refractivity contribution < 1.29 is 38.0 Å². The van der Waals surface area contributed by atoms with E-state index in [1.165, 1.54) is 22.3 Å². The van der Waals surface area contributed by atoms with Gasteiger partial charge in [-0.25, -0.2) is 0 Å². The SMILES string of the molecule is O=C1OCCOCCOCCOCCOCCOC(=O)C23C4c5ccccc5C5C6c7ccccc7C4C2C16C53. The van der Waals surface area contributed by atoms with Crippen molar-refractivity contribution in [2.24, 2.45) is 22.7 Å². The number of hydrogen-bond donors (Lipinski definition) is 0. The average molecular weight is 547 g/mol. The van der Waals surface area contributed by atoms with Crippen molar-refractivity contribution in [3.8, 4) is 0 Å². The van der Waals surface area contributed by atoms with Crippen molar-refractivity contribution in [2.45, 2.75) is 23.7 Å². The molecular formula is C32H34O8. The van der Waals surface area contributed by atoms with Gasteiger partial charge in [0.25, 0.3) is 0 Å². The van der Waals surface area contributed by atoms with Crippen molar-refractivity contribution in [1.82, 2.24) is 0 Å². The van der Waals surface area contributed by atoms with Crippen LogP contribution in [0.5, 0.6) is 0 Å². The fourth-order valence-corrected chi connectivity index (χ4v) is 9.76. The average Bonchev–Trinajstić information content (AvgIpc) is 2.93. The maximum Gasteiger partial charge on any atom is 0.313 e. The Labute approximate surface area is 233 Å². The van der Waals surface area contributed by atoms with Crippen molar-refractivity contribution in [1.29, 1.82) is 0 Å². The highest BCUT2D eigenvalue weighted by Gasteiger charge is 2.99. The van der Waals surface area contributed by atoms with Gasteiger partial charge in [0, 0.05) is 23.7 Å². The van der Waals surface area contributed by atoms with Gasteiger partial charge >= 0.3 is 11.9 Å². The molecule has 4 atom stereocenters. The third-order valence-corrected chi connectivity index (χ3v) is 10.6. The molecule has 6 aliphatic rings. The van der Waals surface area contributed by atoms with Gasteiger partial charge in [0.15, 0.2) is 0 Å². The fraction of sp³-hybridized carbons (Fsp3) is 0.562. The minimum Gasteiger partial charge on any atom is -0.463 e. The summed E-state index contributed by atoms with van der Waals surface area (Å²) in [6.45, 7) is 3.66. The number of hydrogen-bond acceptors (Lipinski definition) is 8. The van der Waals surface area contributed by atoms with Crippen LogP contribution < -0.4 is 0 Å². The van der Waals surface area contributed by atoms with Crippen molar-refractivity contribution in [3.05, 3.63) is 70.8 Å². The second-order valence-corrected chi connectivity index (χ2v) is 11.8. The number of ether oxygens (including phenoxy) is 6. The maximum atomic E-state index is 14.1. The molecule has 210 valence electrons. The molecule has 2 bridgehead atoms. The number of carbonyl (C=O) groups excluding carboxylic acids is 2. The number of carbonyl (C=O) groups is 2. The first-order chi connectivity index (χ1) is 19.7. The predicted octanol–water partition coefficient (Wildman–Crippen LogP) is 3.16. The highest BCUT2D eigenvalue weighted by atomic mass is 16.6. The molecule has 8 heteroatoms. The zero-order valence-corrected chi connectivity index (χ0v) is 22.4. The van der Waals surface area contributed by atoms with E-state index in [0.717, 1.165) is 0 Å². The molecule has 0 radical (unpaired) electrons. The third kappa shape index (κ3) is 2.95. The molecule has 2 aromatic carbocycles. The molecule has 40 heavy (non-hydrogen) atoms. The van der Waals surface area contributed by atoms with Gasteiger partial charge in [0.1, 0.15) is 13.2 Å². The van der Waals surface area contributed by atoms with Crippen LogP contribution in [0.4, 0.5) is 0 Å². The largest absolute Gasteiger partial charge is 0.463 e. The zero-order valence-electron chi connectivity index (χ0n) is 22.4. The Kier molecular flexibility index (Phi) is 5.85. The predicted molar refractivity (Wildman–Crippen MR) is 141 cm³/mol. The molecule has 0 N–H and O–H groups in total. The summed E-state index contributed by atoms with van der Waals surface area (Å²) >= 11 is 0. The topological polar surface area (TPSA) is 89.5 Å². The van der Waals surface area contributed by atoms with Gasteiger partial charge in [0.2, 0.25) is 0 Å². The molecular weight excluding hydrogens is 512 g/mol. The van der Waals surface area contributed by atoms with Gasteiger partial charge in [-0.1, -0.05) is 48.5 Å². The molecule has 1 saturated heterocycles. The van der Waals surface area contributed by atoms with Gasteiger partial charge in [-0.3, -0.25) is 9.59 Å². The van der Waals surface area contributed by atoms with Crippen LogP contribution in [0.25, 0.3) is 0 Å². The second-order valence-electron chi connectivity index (χ2n) is 11.8. The van der Waals surface area contributed by atoms with Crippen LogP contribution in [0.3, 0.4) is 0 Å². The Morgan fingerprint density at radius 3 is 1.18 bits per heavy atom. The second kappa shape index (κ2) is 9.38. The summed E-state index contributed by atoms with van der Waals surface area (Å²) in [5, 5.41) is 0. The van der Waals surface area contributed by atoms with Crippen LogP contribution in [-0.4, -0.2) is 78.0 Å². The Bertz CT molecular complexity index is 1230. The lowest BCUT2D eigenvalue weighted by Gasteiger charge is -2.90. The molecule has 0 aromatic heterocycles. The summed E-state index contributed by atoms with van der Waals surface area (Å²) in [5.41, 5.74) is 3.65. The fourth-order valence-electron chi connectivity index (χ4n) is 9.76. The van der Waals surface area contributed by atoms with Crippen LogP contribution >= 0.6 is 0 Å². The van der Waals surface area contributed by atoms with Crippen molar-refractivity contribution in [3.63, 3.8) is 0 Å². The number of rotatable bonds is 0. The summed E-state index contributed by atoms with van der Waals surface area (Å²) in [6.07, 6.45) is 0. The minimum atomic E-state index is -0.706. The van der Waals surface area contributed by atoms with Crippen LogP contribution in [0.15, 0.2) is 48.5 Å². The quantitative estimate of drug-likeness (QED) is 0.466. The molecule has 8 rings (SSSR count). The number of fused-ring (bicyclic) bond motifs is 8. The molecule has 2 spiro atoms. The van der Waals surface area contributed by atoms with Gasteiger partial charge in [-0.15, -0.1) is 0 Å². The van der Waals surface area contributed by atoms with E-state index < -0.39 is 10.8 Å². The molecule has 1 aliphatic heterocycles. The smallest absolute Gasteiger partial charge is 0.313 e. The molecule has 4 fully saturated rings. The monoisotopic (exact) mass is 546 g/mol. The lowest BCUT2D eigenvalue weighted by Crippen LogP contribution is -2.91. The van der Waals surface area contributed by atoms with E-state index in [1.807, 2.05) is 0 Å². The Morgan fingerprint density at radius 1 is 0.475 bits per heavy atom. The summed E-state index contributed by atoms with van der Waals surface area (Å²) in [4.78, 5) is 28.3. The molecule has 1 heterocycles. The minimum absolute atomic E-state index is 0.00923. The molecule has 0 amide bonds. The standard InChI is InChI=1S/C32H34O8/c33-29-31-25-21-7-3-1-5-19(21)23-26-22-8-4-2-6-20(22)24(25)28(31)32(26,27(23)31)30(34)40-18-16-38-14-12-36-10-9-35-11-13-37-15-17-39-29/h1-8,23-28H,9-18H2. The molecule has 5 aliphatic carbocycles. The summed E-state index contributed by atoms with van der Waals surface area (Å²) in [5.74, 6) is -0.486. The first kappa shape index (κ1) is 25.0. The molecule has 8 nitrogen and oxygen atoms in total. The van der Waals surface area contributed by atoms with E-state index in [1.54, 1.807) is 0 Å². The number of esters is 2. The van der Waals surface area contributed by atoms with E-state index in [0.29, 0.717) is 52.9 Å². The van der Waals surface area contributed by atoms with Gasteiger partial charge in [0.05, 0.1) is 63.7 Å². The summed E-state index contributed by atoms with van der Waals surface area (Å²) in [6, 6.07) is 17.1. The van der Waals surface area contributed by atoms with Gasteiger partial charge in [-0.2, -0.15) is 0 Å². The summed E-state index contributed by atoms with van der Waals surface area (Å²) in [7, 11) is 0. The van der Waals surface area contributed by atoms with Gasteiger partial charge < -0.3 is 28.4 Å². The first-order valence-corrected chi connectivity index (χ1v) is 14.6. The highest BCUT2D eigenvalue weighted by Crippen LogP contribution is 2.98. The summed E-state index contributed by atoms with van der Waals surface area (Å²) < 4.78 is 34.3. The zero-order chi connectivity index (χ0) is 26.9. The van der Waals surface area contributed by atoms with Crippen molar-refractivity contribution >= 4 is 11.9 Å². The van der Waals surface area contributed by atoms with Crippen LogP contribution in [0.1, 0.15) is 45.9 Å². The molecule has 4 unspecified atom stereocenters.